The van der Waals surface area contributed by atoms with Gasteiger partial charge in [0.2, 0.25) is 0 Å². The minimum absolute atomic E-state index is 0.355. The Kier molecular flexibility index (Phi) is 3.60. The van der Waals surface area contributed by atoms with Crippen molar-refractivity contribution in [2.24, 2.45) is 0 Å². The van der Waals surface area contributed by atoms with Crippen LogP contribution in [0.2, 0.25) is 0 Å². The van der Waals surface area contributed by atoms with Gasteiger partial charge in [-0.2, -0.15) is 0 Å². The highest BCUT2D eigenvalue weighted by Crippen LogP contribution is 2.19. The van der Waals surface area contributed by atoms with Crippen LogP contribution in [0.4, 0.5) is 5.69 Å². The molecule has 0 fully saturated rings. The fraction of sp³-hybridized carbons (Fsp3) is 0.118. The second-order valence-corrected chi connectivity index (χ2v) is 4.80. The molecule has 0 radical (unpaired) electrons. The van der Waals surface area contributed by atoms with E-state index in [0.717, 1.165) is 11.4 Å². The standard InChI is InChI=1S/C17H16N2O2/c1-21-17(20)16-9-8-15(19-16)11-18-14-7-6-12-4-2-3-5-13(12)10-14/h2-10,18-19H,11H2,1H3. The minimum atomic E-state index is -0.355. The first-order chi connectivity index (χ1) is 10.3. The van der Waals surface area contributed by atoms with Crippen molar-refractivity contribution in [3.8, 4) is 0 Å². The number of aromatic amines is 1. The van der Waals surface area contributed by atoms with Gasteiger partial charge in [-0.1, -0.05) is 30.3 Å². The predicted octanol–water partition coefficient (Wildman–Crippen LogP) is 3.57. The summed E-state index contributed by atoms with van der Waals surface area (Å²) < 4.78 is 4.67. The quantitative estimate of drug-likeness (QED) is 0.718. The van der Waals surface area contributed by atoms with E-state index < -0.39 is 0 Å². The molecule has 0 spiro atoms. The number of anilines is 1. The largest absolute Gasteiger partial charge is 0.464 e. The number of hydrogen-bond acceptors (Lipinski definition) is 3. The SMILES string of the molecule is COC(=O)c1ccc(CNc2ccc3ccccc3c2)[nH]1. The van der Waals surface area contributed by atoms with E-state index >= 15 is 0 Å². The summed E-state index contributed by atoms with van der Waals surface area (Å²) in [5.74, 6) is -0.355. The molecule has 3 aromatic rings. The van der Waals surface area contributed by atoms with Gasteiger partial charge in [-0.05, 0) is 35.0 Å². The normalized spacial score (nSPS) is 10.5. The highest BCUT2D eigenvalue weighted by molar-refractivity contribution is 5.87. The molecule has 0 unspecified atom stereocenters. The maximum absolute atomic E-state index is 11.4. The average molecular weight is 280 g/mol. The van der Waals surface area contributed by atoms with Gasteiger partial charge in [-0.25, -0.2) is 4.79 Å². The number of nitrogens with one attached hydrogen (secondary N) is 2. The molecule has 0 saturated carbocycles. The van der Waals surface area contributed by atoms with E-state index in [-0.39, 0.29) is 5.97 Å². The van der Waals surface area contributed by atoms with Crippen molar-refractivity contribution < 1.29 is 9.53 Å². The van der Waals surface area contributed by atoms with Gasteiger partial charge in [0.05, 0.1) is 13.7 Å². The topological polar surface area (TPSA) is 54.1 Å². The smallest absolute Gasteiger partial charge is 0.354 e. The predicted molar refractivity (Wildman–Crippen MR) is 83.4 cm³/mol. The van der Waals surface area contributed by atoms with Crippen molar-refractivity contribution in [2.45, 2.75) is 6.54 Å². The van der Waals surface area contributed by atoms with Crippen molar-refractivity contribution >= 4 is 22.4 Å². The van der Waals surface area contributed by atoms with Gasteiger partial charge in [0.25, 0.3) is 0 Å². The van der Waals surface area contributed by atoms with E-state index in [0.29, 0.717) is 12.2 Å². The number of ether oxygens (including phenoxy) is 1. The zero-order chi connectivity index (χ0) is 14.7. The van der Waals surface area contributed by atoms with E-state index in [1.54, 1.807) is 6.07 Å². The molecule has 0 saturated heterocycles. The molecule has 2 aromatic carbocycles. The highest BCUT2D eigenvalue weighted by Gasteiger charge is 2.07. The number of fused-ring (bicyclic) bond motifs is 1. The molecule has 4 heteroatoms. The third kappa shape index (κ3) is 2.89. The monoisotopic (exact) mass is 280 g/mol. The number of benzene rings is 2. The minimum Gasteiger partial charge on any atom is -0.464 e. The summed E-state index contributed by atoms with van der Waals surface area (Å²) in [5.41, 5.74) is 2.44. The summed E-state index contributed by atoms with van der Waals surface area (Å²) in [4.78, 5) is 14.4. The van der Waals surface area contributed by atoms with Gasteiger partial charge >= 0.3 is 5.97 Å². The maximum atomic E-state index is 11.4. The summed E-state index contributed by atoms with van der Waals surface area (Å²) in [6.45, 7) is 0.620. The fourth-order valence-corrected chi connectivity index (χ4v) is 2.27. The summed E-state index contributed by atoms with van der Waals surface area (Å²) in [6, 6.07) is 18.1. The van der Waals surface area contributed by atoms with Gasteiger partial charge in [0.1, 0.15) is 5.69 Å². The fourth-order valence-electron chi connectivity index (χ4n) is 2.27. The van der Waals surface area contributed by atoms with Crippen LogP contribution in [0, 0.1) is 0 Å². The number of carbonyl (C=O) groups is 1. The zero-order valence-corrected chi connectivity index (χ0v) is 11.7. The summed E-state index contributed by atoms with van der Waals surface area (Å²) >= 11 is 0. The van der Waals surface area contributed by atoms with Gasteiger partial charge in [0, 0.05) is 11.4 Å². The van der Waals surface area contributed by atoms with Crippen LogP contribution in [0.3, 0.4) is 0 Å². The molecular formula is C17H16N2O2. The van der Waals surface area contributed by atoms with Crippen molar-refractivity contribution in [3.05, 3.63) is 66.0 Å². The Morgan fingerprint density at radius 1 is 1.10 bits per heavy atom. The molecule has 0 aliphatic rings. The molecule has 3 rings (SSSR count). The molecule has 0 aliphatic carbocycles. The summed E-state index contributed by atoms with van der Waals surface area (Å²) in [6.07, 6.45) is 0. The van der Waals surface area contributed by atoms with E-state index in [9.17, 15) is 4.79 Å². The molecule has 21 heavy (non-hydrogen) atoms. The highest BCUT2D eigenvalue weighted by atomic mass is 16.5. The van der Waals surface area contributed by atoms with Crippen LogP contribution in [0.25, 0.3) is 10.8 Å². The lowest BCUT2D eigenvalue weighted by Crippen LogP contribution is -2.03. The number of carbonyl (C=O) groups excluding carboxylic acids is 1. The first kappa shape index (κ1) is 13.2. The van der Waals surface area contributed by atoms with Gasteiger partial charge < -0.3 is 15.0 Å². The summed E-state index contributed by atoms with van der Waals surface area (Å²) in [5, 5.41) is 5.76. The summed E-state index contributed by atoms with van der Waals surface area (Å²) in [7, 11) is 1.37. The van der Waals surface area contributed by atoms with Crippen LogP contribution in [0.5, 0.6) is 0 Å². The second-order valence-electron chi connectivity index (χ2n) is 4.80. The number of methoxy groups -OCH3 is 1. The Balaban J connectivity index is 1.71. The Morgan fingerprint density at radius 2 is 1.90 bits per heavy atom. The van der Waals surface area contributed by atoms with Crippen molar-refractivity contribution in [1.82, 2.24) is 4.98 Å². The first-order valence-corrected chi connectivity index (χ1v) is 6.75. The lowest BCUT2D eigenvalue weighted by Gasteiger charge is -2.06. The third-order valence-electron chi connectivity index (χ3n) is 3.38. The molecule has 1 heterocycles. The molecule has 0 amide bonds. The van der Waals surface area contributed by atoms with Crippen LogP contribution in [-0.4, -0.2) is 18.1 Å². The van der Waals surface area contributed by atoms with Gasteiger partial charge in [-0.15, -0.1) is 0 Å². The average Bonchev–Trinajstić information content (AvgIpc) is 3.01. The van der Waals surface area contributed by atoms with Crippen LogP contribution >= 0.6 is 0 Å². The third-order valence-corrected chi connectivity index (χ3v) is 3.38. The van der Waals surface area contributed by atoms with Crippen LogP contribution in [-0.2, 0) is 11.3 Å². The van der Waals surface area contributed by atoms with Crippen LogP contribution in [0.1, 0.15) is 16.2 Å². The Morgan fingerprint density at radius 3 is 2.71 bits per heavy atom. The lowest BCUT2D eigenvalue weighted by atomic mass is 10.1. The molecule has 0 bridgehead atoms. The number of esters is 1. The number of rotatable bonds is 4. The Bertz CT molecular complexity index is 777. The molecule has 0 aliphatic heterocycles. The second kappa shape index (κ2) is 5.71. The molecular weight excluding hydrogens is 264 g/mol. The Hall–Kier alpha value is -2.75. The van der Waals surface area contributed by atoms with Crippen molar-refractivity contribution in [1.29, 1.82) is 0 Å². The number of hydrogen-bond donors (Lipinski definition) is 2. The van der Waals surface area contributed by atoms with E-state index in [2.05, 4.69) is 39.3 Å². The Labute approximate surface area is 122 Å². The number of H-pyrrole nitrogens is 1. The maximum Gasteiger partial charge on any atom is 0.354 e. The van der Waals surface area contributed by atoms with Crippen molar-refractivity contribution in [3.63, 3.8) is 0 Å². The van der Waals surface area contributed by atoms with Gasteiger partial charge in [0.15, 0.2) is 0 Å². The molecule has 106 valence electrons. The first-order valence-electron chi connectivity index (χ1n) is 6.75. The lowest BCUT2D eigenvalue weighted by molar-refractivity contribution is 0.0594. The van der Waals surface area contributed by atoms with E-state index in [4.69, 9.17) is 0 Å². The van der Waals surface area contributed by atoms with Crippen LogP contribution in [0.15, 0.2) is 54.6 Å². The molecule has 0 atom stereocenters. The van der Waals surface area contributed by atoms with Gasteiger partial charge in [-0.3, -0.25) is 0 Å². The molecule has 2 N–H and O–H groups in total. The zero-order valence-electron chi connectivity index (χ0n) is 11.7. The number of aromatic nitrogens is 1. The van der Waals surface area contributed by atoms with E-state index in [1.165, 1.54) is 17.9 Å². The molecule has 1 aromatic heterocycles. The van der Waals surface area contributed by atoms with Crippen LogP contribution < -0.4 is 5.32 Å². The molecule has 4 nitrogen and oxygen atoms in total. The van der Waals surface area contributed by atoms with Crippen molar-refractivity contribution in [2.75, 3.05) is 12.4 Å². The van der Waals surface area contributed by atoms with E-state index in [1.807, 2.05) is 24.3 Å².